The Kier molecular flexibility index (Phi) is 6.21. The van der Waals surface area contributed by atoms with Gasteiger partial charge in [-0.25, -0.2) is 5.43 Å². The van der Waals surface area contributed by atoms with Gasteiger partial charge in [-0.05, 0) is 48.0 Å². The molecule has 9 nitrogen and oxygen atoms in total. The van der Waals surface area contributed by atoms with Crippen molar-refractivity contribution >= 4 is 24.1 Å². The monoisotopic (exact) mass is 445 g/mol. The van der Waals surface area contributed by atoms with Crippen molar-refractivity contribution in [3.63, 3.8) is 0 Å². The van der Waals surface area contributed by atoms with Crippen LogP contribution in [0.2, 0.25) is 0 Å². The molecule has 0 saturated heterocycles. The molecule has 0 atom stereocenters. The van der Waals surface area contributed by atoms with Crippen LogP contribution in [0.5, 0.6) is 23.0 Å². The van der Waals surface area contributed by atoms with Crippen molar-refractivity contribution < 1.29 is 29.3 Å². The van der Waals surface area contributed by atoms with Crippen molar-refractivity contribution in [1.82, 2.24) is 10.7 Å². The van der Waals surface area contributed by atoms with Crippen LogP contribution in [0, 0.1) is 0 Å². The number of aromatic hydroxyl groups is 2. The van der Waals surface area contributed by atoms with E-state index >= 15 is 0 Å². The lowest BCUT2D eigenvalue weighted by Gasteiger charge is -2.09. The molecule has 0 fully saturated rings. The second kappa shape index (κ2) is 9.56. The summed E-state index contributed by atoms with van der Waals surface area (Å²) in [5, 5.41) is 25.6. The Morgan fingerprint density at radius 2 is 1.73 bits per heavy atom. The smallest absolute Gasteiger partial charge is 0.287 e. The van der Waals surface area contributed by atoms with Crippen LogP contribution in [0.1, 0.15) is 21.5 Å². The van der Waals surface area contributed by atoms with E-state index in [0.29, 0.717) is 22.6 Å². The molecule has 4 rings (SSSR count). The maximum atomic E-state index is 12.8. The first kappa shape index (κ1) is 21.4. The first-order valence-electron chi connectivity index (χ1n) is 9.83. The highest BCUT2D eigenvalue weighted by Gasteiger charge is 2.17. The fourth-order valence-electron chi connectivity index (χ4n) is 2.97. The number of carbonyl (C=O) groups is 2. The average molecular weight is 445 g/mol. The lowest BCUT2D eigenvalue weighted by atomic mass is 10.1. The summed E-state index contributed by atoms with van der Waals surface area (Å²) < 4.78 is 10.7. The summed E-state index contributed by atoms with van der Waals surface area (Å²) in [6.07, 6.45) is 2.69. The Hall–Kier alpha value is -4.79. The molecule has 0 saturated carbocycles. The zero-order chi connectivity index (χ0) is 23.2. The fraction of sp³-hybridized carbons (Fsp3) is 0.0417. The Labute approximate surface area is 188 Å². The summed E-state index contributed by atoms with van der Waals surface area (Å²) in [5.74, 6) is -0.361. The quantitative estimate of drug-likeness (QED) is 0.262. The van der Waals surface area contributed by atoms with E-state index in [9.17, 15) is 19.8 Å². The summed E-state index contributed by atoms with van der Waals surface area (Å²) in [7, 11) is 0. The van der Waals surface area contributed by atoms with Crippen molar-refractivity contribution in [2.45, 2.75) is 0 Å². The van der Waals surface area contributed by atoms with Gasteiger partial charge < -0.3 is 25.0 Å². The third-order valence-corrected chi connectivity index (χ3v) is 4.62. The molecular formula is C24H19N3O6. The van der Waals surface area contributed by atoms with Gasteiger partial charge in [0.2, 0.25) is 6.79 Å². The van der Waals surface area contributed by atoms with Gasteiger partial charge in [0.05, 0.1) is 6.21 Å². The van der Waals surface area contributed by atoms with Crippen LogP contribution in [-0.2, 0) is 4.79 Å². The van der Waals surface area contributed by atoms with Crippen molar-refractivity contribution in [3.8, 4) is 23.0 Å². The van der Waals surface area contributed by atoms with E-state index in [2.05, 4.69) is 15.8 Å². The van der Waals surface area contributed by atoms with Crippen molar-refractivity contribution in [1.29, 1.82) is 0 Å². The van der Waals surface area contributed by atoms with Gasteiger partial charge in [0.25, 0.3) is 11.8 Å². The maximum absolute atomic E-state index is 12.8. The Bertz CT molecular complexity index is 1250. The number of fused-ring (bicyclic) bond motifs is 1. The number of benzene rings is 3. The van der Waals surface area contributed by atoms with Gasteiger partial charge >= 0.3 is 0 Å². The van der Waals surface area contributed by atoms with Gasteiger partial charge in [0, 0.05) is 17.2 Å². The number of hydrogen-bond acceptors (Lipinski definition) is 7. The van der Waals surface area contributed by atoms with Crippen LogP contribution >= 0.6 is 0 Å². The molecule has 0 aliphatic carbocycles. The zero-order valence-corrected chi connectivity index (χ0v) is 17.2. The highest BCUT2D eigenvalue weighted by Crippen LogP contribution is 2.33. The lowest BCUT2D eigenvalue weighted by molar-refractivity contribution is -0.117. The van der Waals surface area contributed by atoms with Gasteiger partial charge in [-0.3, -0.25) is 9.59 Å². The molecule has 1 heterocycles. The van der Waals surface area contributed by atoms with Crippen LogP contribution < -0.4 is 20.2 Å². The number of rotatable bonds is 6. The van der Waals surface area contributed by atoms with Gasteiger partial charge in [0.15, 0.2) is 11.5 Å². The third kappa shape index (κ3) is 5.28. The highest BCUT2D eigenvalue weighted by atomic mass is 16.7. The Morgan fingerprint density at radius 1 is 0.939 bits per heavy atom. The van der Waals surface area contributed by atoms with Crippen LogP contribution in [0.25, 0.3) is 6.08 Å². The number of phenolic OH excluding ortho intramolecular Hbond substituents is 2. The topological polar surface area (TPSA) is 129 Å². The van der Waals surface area contributed by atoms with E-state index in [0.717, 1.165) is 6.07 Å². The number of ether oxygens (including phenoxy) is 2. The number of phenols is 2. The molecule has 0 unspecified atom stereocenters. The number of carbonyl (C=O) groups excluding carboxylic acids is 2. The van der Waals surface area contributed by atoms with E-state index in [4.69, 9.17) is 9.47 Å². The number of hydrogen-bond donors (Lipinski definition) is 4. The third-order valence-electron chi connectivity index (χ3n) is 4.62. The van der Waals surface area contributed by atoms with Gasteiger partial charge in [-0.1, -0.05) is 24.3 Å². The number of amides is 2. The largest absolute Gasteiger partial charge is 0.508 e. The lowest BCUT2D eigenvalue weighted by Crippen LogP contribution is -2.32. The van der Waals surface area contributed by atoms with E-state index < -0.39 is 11.8 Å². The molecule has 33 heavy (non-hydrogen) atoms. The summed E-state index contributed by atoms with van der Waals surface area (Å²) in [5.41, 5.74) is 3.51. The van der Waals surface area contributed by atoms with E-state index in [1.165, 1.54) is 24.4 Å². The number of hydrazone groups is 1. The van der Waals surface area contributed by atoms with Crippen LogP contribution in [0.3, 0.4) is 0 Å². The van der Waals surface area contributed by atoms with E-state index in [-0.39, 0.29) is 29.6 Å². The first-order chi connectivity index (χ1) is 16.0. The van der Waals surface area contributed by atoms with Crippen molar-refractivity contribution in [2.24, 2.45) is 5.10 Å². The number of nitrogens with zero attached hydrogens (tertiary/aromatic N) is 1. The highest BCUT2D eigenvalue weighted by molar-refractivity contribution is 6.05. The molecule has 3 aromatic rings. The SMILES string of the molecule is O=C(N/N=C/c1ccc(O)cc1O)/C(=C\c1ccc2c(c1)OCO2)NC(=O)c1ccccc1. The predicted octanol–water partition coefficient (Wildman–Crippen LogP) is 2.75. The number of nitrogens with one attached hydrogen (secondary N) is 2. The normalized spacial score (nSPS) is 12.5. The molecule has 4 N–H and O–H groups in total. The molecule has 2 amide bonds. The minimum absolute atomic E-state index is 0.0604. The maximum Gasteiger partial charge on any atom is 0.287 e. The molecule has 3 aromatic carbocycles. The second-order valence-electron chi connectivity index (χ2n) is 6.93. The second-order valence-corrected chi connectivity index (χ2v) is 6.93. The molecule has 0 radical (unpaired) electrons. The van der Waals surface area contributed by atoms with Crippen LogP contribution in [-0.4, -0.2) is 35.0 Å². The predicted molar refractivity (Wildman–Crippen MR) is 120 cm³/mol. The molecule has 1 aliphatic rings. The summed E-state index contributed by atoms with van der Waals surface area (Å²) in [4.78, 5) is 25.4. The van der Waals surface area contributed by atoms with Crippen LogP contribution in [0.4, 0.5) is 0 Å². The summed E-state index contributed by atoms with van der Waals surface area (Å²) in [6.45, 7) is 0.111. The van der Waals surface area contributed by atoms with E-state index in [1.54, 1.807) is 48.5 Å². The van der Waals surface area contributed by atoms with Gasteiger partial charge in [0.1, 0.15) is 17.2 Å². The molecule has 0 bridgehead atoms. The van der Waals surface area contributed by atoms with Crippen LogP contribution in [0.15, 0.2) is 77.5 Å². The minimum Gasteiger partial charge on any atom is -0.508 e. The fourth-order valence-corrected chi connectivity index (χ4v) is 2.97. The molecule has 0 aromatic heterocycles. The van der Waals surface area contributed by atoms with Crippen molar-refractivity contribution in [2.75, 3.05) is 6.79 Å². The zero-order valence-electron chi connectivity index (χ0n) is 17.2. The Morgan fingerprint density at radius 3 is 2.52 bits per heavy atom. The molecular weight excluding hydrogens is 426 g/mol. The molecule has 0 spiro atoms. The first-order valence-corrected chi connectivity index (χ1v) is 9.83. The molecule has 1 aliphatic heterocycles. The molecule has 166 valence electrons. The van der Waals surface area contributed by atoms with Crippen molar-refractivity contribution in [3.05, 3.63) is 89.1 Å². The average Bonchev–Trinajstić information content (AvgIpc) is 3.28. The molecule has 9 heteroatoms. The summed E-state index contributed by atoms with van der Waals surface area (Å²) >= 11 is 0. The van der Waals surface area contributed by atoms with Gasteiger partial charge in [-0.15, -0.1) is 0 Å². The minimum atomic E-state index is -0.688. The van der Waals surface area contributed by atoms with Gasteiger partial charge in [-0.2, -0.15) is 5.10 Å². The Balaban J connectivity index is 1.56. The van der Waals surface area contributed by atoms with E-state index in [1.807, 2.05) is 0 Å². The summed E-state index contributed by atoms with van der Waals surface area (Å²) in [6, 6.07) is 17.5. The standard InChI is InChI=1S/C24H19N3O6/c28-18-8-7-17(20(29)12-18)13-25-27-24(31)19(26-23(30)16-4-2-1-3-5-16)10-15-6-9-21-22(11-15)33-14-32-21/h1-13,28-29H,14H2,(H,26,30)(H,27,31)/b19-10+,25-13+.